The number of amides is 2. The minimum Gasteiger partial charge on any atom is -0.349 e. The van der Waals surface area contributed by atoms with E-state index in [9.17, 15) is 13.8 Å². The molecule has 1 aliphatic heterocycles. The van der Waals surface area contributed by atoms with Crippen molar-refractivity contribution in [1.29, 1.82) is 0 Å². The number of fused-ring (bicyclic) bond motifs is 2. The van der Waals surface area contributed by atoms with E-state index in [0.717, 1.165) is 18.4 Å². The predicted molar refractivity (Wildman–Crippen MR) is 120 cm³/mol. The third kappa shape index (κ3) is 3.89. The second kappa shape index (κ2) is 7.94. The van der Waals surface area contributed by atoms with Gasteiger partial charge in [-0.2, -0.15) is 0 Å². The molecule has 156 valence electrons. The van der Waals surface area contributed by atoms with Gasteiger partial charge in [0.25, 0.3) is 11.8 Å². The van der Waals surface area contributed by atoms with Crippen molar-refractivity contribution in [3.8, 4) is 0 Å². The van der Waals surface area contributed by atoms with E-state index in [1.807, 2.05) is 12.1 Å². The van der Waals surface area contributed by atoms with E-state index in [-0.39, 0.29) is 24.4 Å². The van der Waals surface area contributed by atoms with Crippen LogP contribution in [0.15, 0.2) is 76.5 Å². The van der Waals surface area contributed by atoms with Crippen LogP contribution in [0.5, 0.6) is 0 Å². The fraction of sp³-hybridized carbons (Fsp3) is 0.167. The Labute approximate surface area is 187 Å². The first-order chi connectivity index (χ1) is 15.0. The largest absolute Gasteiger partial charge is 0.349 e. The highest BCUT2D eigenvalue weighted by molar-refractivity contribution is 7.85. The summed E-state index contributed by atoms with van der Waals surface area (Å²) in [5.41, 5.74) is 2.15. The van der Waals surface area contributed by atoms with E-state index in [4.69, 9.17) is 11.6 Å². The van der Waals surface area contributed by atoms with Gasteiger partial charge < -0.3 is 10.2 Å². The molecule has 2 aliphatic rings. The lowest BCUT2D eigenvalue weighted by Crippen LogP contribution is -2.31. The van der Waals surface area contributed by atoms with Crippen LogP contribution < -0.4 is 10.2 Å². The van der Waals surface area contributed by atoms with Crippen molar-refractivity contribution >= 4 is 39.9 Å². The van der Waals surface area contributed by atoms with Gasteiger partial charge in [-0.1, -0.05) is 35.9 Å². The van der Waals surface area contributed by atoms with Crippen LogP contribution in [-0.4, -0.2) is 22.1 Å². The number of carbonyl (C=O) groups excluding carboxylic acids is 2. The molecule has 0 spiro atoms. The normalized spacial score (nSPS) is 17.5. The van der Waals surface area contributed by atoms with Gasteiger partial charge in [0.1, 0.15) is 0 Å². The summed E-state index contributed by atoms with van der Waals surface area (Å²) < 4.78 is 13.4. The molecule has 1 atom stereocenters. The summed E-state index contributed by atoms with van der Waals surface area (Å²) >= 11 is 6.15. The Kier molecular flexibility index (Phi) is 5.12. The number of carbonyl (C=O) groups is 2. The number of hydrogen-bond acceptors (Lipinski definition) is 3. The van der Waals surface area contributed by atoms with Gasteiger partial charge in [0, 0.05) is 16.6 Å². The fourth-order valence-corrected chi connectivity index (χ4v) is 5.23. The molecule has 0 bridgehead atoms. The molecule has 1 fully saturated rings. The second-order valence-corrected chi connectivity index (χ2v) is 9.57. The average molecular weight is 451 g/mol. The second-order valence-electron chi connectivity index (χ2n) is 7.72. The predicted octanol–water partition coefficient (Wildman–Crippen LogP) is 4.56. The maximum Gasteiger partial charge on any atom is 0.259 e. The molecule has 1 N–H and O–H groups in total. The Hall–Kier alpha value is -2.96. The molecule has 0 saturated heterocycles. The van der Waals surface area contributed by atoms with Crippen molar-refractivity contribution in [3.05, 3.63) is 88.4 Å². The number of benzene rings is 3. The maximum absolute atomic E-state index is 13.6. The number of anilines is 1. The van der Waals surface area contributed by atoms with Gasteiger partial charge in [-0.15, -0.1) is 0 Å². The molecule has 31 heavy (non-hydrogen) atoms. The minimum atomic E-state index is -1.55. The van der Waals surface area contributed by atoms with Gasteiger partial charge in [0.2, 0.25) is 0 Å². The highest BCUT2D eigenvalue weighted by Crippen LogP contribution is 2.36. The summed E-state index contributed by atoms with van der Waals surface area (Å²) in [5.74, 6) is -0.449. The molecule has 2 amide bonds. The van der Waals surface area contributed by atoms with Crippen LogP contribution in [0.4, 0.5) is 5.69 Å². The zero-order valence-electron chi connectivity index (χ0n) is 16.5. The molecule has 0 radical (unpaired) electrons. The molecule has 0 aromatic heterocycles. The van der Waals surface area contributed by atoms with Gasteiger partial charge in [0.05, 0.1) is 38.4 Å². The zero-order valence-corrected chi connectivity index (χ0v) is 18.1. The quantitative estimate of drug-likeness (QED) is 0.633. The number of halogens is 1. The van der Waals surface area contributed by atoms with Crippen molar-refractivity contribution in [3.63, 3.8) is 0 Å². The Bertz CT molecular complexity index is 1240. The lowest BCUT2D eigenvalue weighted by atomic mass is 10.1. The van der Waals surface area contributed by atoms with Crippen molar-refractivity contribution in [2.24, 2.45) is 0 Å². The molecule has 3 aromatic rings. The van der Waals surface area contributed by atoms with Crippen LogP contribution in [0.1, 0.15) is 39.1 Å². The first kappa shape index (κ1) is 20.0. The lowest BCUT2D eigenvalue weighted by molar-refractivity contribution is 0.0947. The molecule has 1 saturated carbocycles. The van der Waals surface area contributed by atoms with Crippen LogP contribution in [0.25, 0.3) is 0 Å². The van der Waals surface area contributed by atoms with Crippen LogP contribution in [0, 0.1) is 0 Å². The Morgan fingerprint density at radius 2 is 1.84 bits per heavy atom. The molecule has 5 nitrogen and oxygen atoms in total. The van der Waals surface area contributed by atoms with Crippen molar-refractivity contribution in [2.75, 3.05) is 4.90 Å². The molecule has 1 aliphatic carbocycles. The van der Waals surface area contributed by atoms with Crippen molar-refractivity contribution in [2.45, 2.75) is 35.2 Å². The highest BCUT2D eigenvalue weighted by atomic mass is 35.5. The minimum absolute atomic E-state index is 0.187. The summed E-state index contributed by atoms with van der Waals surface area (Å²) in [4.78, 5) is 28.8. The van der Waals surface area contributed by atoms with Crippen molar-refractivity contribution in [1.82, 2.24) is 5.32 Å². The van der Waals surface area contributed by atoms with E-state index in [1.54, 1.807) is 59.5 Å². The van der Waals surface area contributed by atoms with E-state index in [0.29, 0.717) is 31.6 Å². The molecular formula is C24H19ClN2O3S. The van der Waals surface area contributed by atoms with Crippen LogP contribution in [0.3, 0.4) is 0 Å². The summed E-state index contributed by atoms with van der Waals surface area (Å²) in [5, 5.41) is 3.54. The van der Waals surface area contributed by atoms with Gasteiger partial charge in [-0.05, 0) is 60.9 Å². The lowest BCUT2D eigenvalue weighted by Gasteiger charge is -2.23. The molecule has 1 heterocycles. The third-order valence-electron chi connectivity index (χ3n) is 5.42. The molecule has 3 aromatic carbocycles. The van der Waals surface area contributed by atoms with Crippen LogP contribution in [0.2, 0.25) is 5.02 Å². The fourth-order valence-electron chi connectivity index (χ4n) is 3.68. The summed E-state index contributed by atoms with van der Waals surface area (Å²) in [6.45, 7) is 0.242. The standard InChI is InChI=1S/C24H19ClN2O3S/c25-17-5-3-4-15(12-17)14-27-20-13-16(23(28)26-18-9-10-18)8-11-22(20)31(30)21-7-2-1-6-19(21)24(27)29/h1-8,11-13,18H,9-10,14H2,(H,26,28). The number of rotatable bonds is 4. The molecule has 1 unspecified atom stereocenters. The van der Waals surface area contributed by atoms with Gasteiger partial charge >= 0.3 is 0 Å². The topological polar surface area (TPSA) is 66.5 Å². The van der Waals surface area contributed by atoms with E-state index < -0.39 is 10.8 Å². The monoisotopic (exact) mass is 450 g/mol. The zero-order chi connectivity index (χ0) is 21.5. The number of nitrogens with one attached hydrogen (secondary N) is 1. The maximum atomic E-state index is 13.6. The Balaban J connectivity index is 1.64. The van der Waals surface area contributed by atoms with Gasteiger partial charge in [-0.25, -0.2) is 4.21 Å². The molecular weight excluding hydrogens is 432 g/mol. The highest BCUT2D eigenvalue weighted by Gasteiger charge is 2.32. The van der Waals surface area contributed by atoms with Crippen molar-refractivity contribution < 1.29 is 13.8 Å². The van der Waals surface area contributed by atoms with Crippen LogP contribution >= 0.6 is 11.6 Å². The summed E-state index contributed by atoms with van der Waals surface area (Å²) in [7, 11) is -1.55. The Morgan fingerprint density at radius 1 is 1.03 bits per heavy atom. The van der Waals surface area contributed by atoms with Gasteiger partial charge in [-0.3, -0.25) is 9.59 Å². The number of hydrogen-bond donors (Lipinski definition) is 1. The Morgan fingerprint density at radius 3 is 2.61 bits per heavy atom. The van der Waals surface area contributed by atoms with Gasteiger partial charge in [0.15, 0.2) is 0 Å². The SMILES string of the molecule is O=C(NC1CC1)c1ccc2c(c1)N(Cc1cccc(Cl)c1)C(=O)c1ccccc1S2=O. The average Bonchev–Trinajstić information content (AvgIpc) is 3.60. The first-order valence-corrected chi connectivity index (χ1v) is 11.6. The molecule has 7 heteroatoms. The first-order valence-electron chi connectivity index (χ1n) is 10.0. The third-order valence-corrected chi connectivity index (χ3v) is 7.15. The summed E-state index contributed by atoms with van der Waals surface area (Å²) in [6, 6.07) is 19.5. The van der Waals surface area contributed by atoms with E-state index >= 15 is 0 Å². The van der Waals surface area contributed by atoms with E-state index in [1.165, 1.54) is 0 Å². The number of nitrogens with zero attached hydrogens (tertiary/aromatic N) is 1. The smallest absolute Gasteiger partial charge is 0.259 e. The molecule has 5 rings (SSSR count). The summed E-state index contributed by atoms with van der Waals surface area (Å²) in [6.07, 6.45) is 1.96. The van der Waals surface area contributed by atoms with E-state index in [2.05, 4.69) is 5.32 Å². The van der Waals surface area contributed by atoms with Crippen LogP contribution in [-0.2, 0) is 17.3 Å².